The number of hydrogen-bond donors (Lipinski definition) is 1. The standard InChI is InChI=1S/C17H15N3O2/c1-22-15-9-5-2-6-12(15)10-11-16(21)20-14-8-4-3-7-13(14)19-17(20)18/h2-11H,1H3,(H2,18,19)/b11-10+. The molecular formula is C17H15N3O2. The van der Waals surface area contributed by atoms with Crippen LogP contribution in [0.4, 0.5) is 5.95 Å². The van der Waals surface area contributed by atoms with Crippen LogP contribution in [-0.4, -0.2) is 22.6 Å². The number of imidazole rings is 1. The van der Waals surface area contributed by atoms with E-state index in [1.54, 1.807) is 13.2 Å². The van der Waals surface area contributed by atoms with E-state index in [-0.39, 0.29) is 11.9 Å². The summed E-state index contributed by atoms with van der Waals surface area (Å²) in [7, 11) is 1.59. The fourth-order valence-corrected chi connectivity index (χ4v) is 2.32. The minimum Gasteiger partial charge on any atom is -0.496 e. The molecule has 1 heterocycles. The molecule has 0 atom stereocenters. The van der Waals surface area contributed by atoms with Crippen molar-refractivity contribution in [1.82, 2.24) is 9.55 Å². The highest BCUT2D eigenvalue weighted by Gasteiger charge is 2.12. The molecule has 0 radical (unpaired) electrons. The number of benzene rings is 2. The summed E-state index contributed by atoms with van der Waals surface area (Å²) in [6, 6.07) is 14.8. The summed E-state index contributed by atoms with van der Waals surface area (Å²) >= 11 is 0. The zero-order valence-electron chi connectivity index (χ0n) is 12.1. The van der Waals surface area contributed by atoms with Gasteiger partial charge in [0.1, 0.15) is 5.75 Å². The molecule has 0 fully saturated rings. The van der Waals surface area contributed by atoms with E-state index in [2.05, 4.69) is 4.98 Å². The number of carbonyl (C=O) groups is 1. The number of rotatable bonds is 3. The number of nitrogens with zero attached hydrogens (tertiary/aromatic N) is 2. The van der Waals surface area contributed by atoms with Gasteiger partial charge in [0.05, 0.1) is 18.1 Å². The van der Waals surface area contributed by atoms with E-state index >= 15 is 0 Å². The summed E-state index contributed by atoms with van der Waals surface area (Å²) in [6.45, 7) is 0. The molecule has 22 heavy (non-hydrogen) atoms. The maximum absolute atomic E-state index is 12.4. The van der Waals surface area contributed by atoms with E-state index in [9.17, 15) is 4.79 Å². The average molecular weight is 293 g/mol. The molecule has 2 aromatic carbocycles. The van der Waals surface area contributed by atoms with E-state index in [1.165, 1.54) is 10.6 Å². The smallest absolute Gasteiger partial charge is 0.257 e. The Kier molecular flexibility index (Phi) is 3.62. The van der Waals surface area contributed by atoms with Gasteiger partial charge in [0, 0.05) is 11.6 Å². The van der Waals surface area contributed by atoms with Crippen LogP contribution >= 0.6 is 0 Å². The van der Waals surface area contributed by atoms with E-state index < -0.39 is 0 Å². The maximum Gasteiger partial charge on any atom is 0.257 e. The van der Waals surface area contributed by atoms with Crippen LogP contribution in [0, 0.1) is 0 Å². The van der Waals surface area contributed by atoms with Crippen LogP contribution in [0.15, 0.2) is 54.6 Å². The van der Waals surface area contributed by atoms with Gasteiger partial charge < -0.3 is 10.5 Å². The maximum atomic E-state index is 12.4. The first-order chi connectivity index (χ1) is 10.7. The molecular weight excluding hydrogens is 278 g/mol. The van der Waals surface area contributed by atoms with Crippen molar-refractivity contribution in [2.24, 2.45) is 0 Å². The summed E-state index contributed by atoms with van der Waals surface area (Å²) < 4.78 is 6.65. The lowest BCUT2D eigenvalue weighted by Gasteiger charge is -2.04. The van der Waals surface area contributed by atoms with Crippen LogP contribution in [0.3, 0.4) is 0 Å². The van der Waals surface area contributed by atoms with Gasteiger partial charge in [0.25, 0.3) is 5.91 Å². The summed E-state index contributed by atoms with van der Waals surface area (Å²) in [4.78, 5) is 16.6. The van der Waals surface area contributed by atoms with Crippen LogP contribution in [0.5, 0.6) is 5.75 Å². The van der Waals surface area contributed by atoms with Crippen LogP contribution < -0.4 is 10.5 Å². The van der Waals surface area contributed by atoms with Crippen molar-refractivity contribution in [3.63, 3.8) is 0 Å². The minimum atomic E-state index is -0.253. The molecule has 2 N–H and O–H groups in total. The third-order valence-corrected chi connectivity index (χ3v) is 3.35. The number of allylic oxidation sites excluding steroid dienone is 1. The Morgan fingerprint density at radius 2 is 1.91 bits per heavy atom. The molecule has 110 valence electrons. The second-order valence-corrected chi connectivity index (χ2v) is 4.71. The van der Waals surface area contributed by atoms with Gasteiger partial charge >= 0.3 is 0 Å². The zero-order chi connectivity index (χ0) is 15.5. The number of nitrogen functional groups attached to an aromatic ring is 1. The Morgan fingerprint density at radius 1 is 1.18 bits per heavy atom. The van der Waals surface area contributed by atoms with Gasteiger partial charge in [0.2, 0.25) is 5.95 Å². The SMILES string of the molecule is COc1ccccc1/C=C/C(=O)n1c(N)nc2ccccc21. The second-order valence-electron chi connectivity index (χ2n) is 4.71. The number of para-hydroxylation sites is 3. The molecule has 3 rings (SSSR count). The van der Waals surface area contributed by atoms with Crippen molar-refractivity contribution < 1.29 is 9.53 Å². The Hall–Kier alpha value is -3.08. The molecule has 3 aromatic rings. The van der Waals surface area contributed by atoms with Gasteiger partial charge in [-0.25, -0.2) is 9.55 Å². The van der Waals surface area contributed by atoms with Crippen LogP contribution in [-0.2, 0) is 0 Å². The van der Waals surface area contributed by atoms with Crippen LogP contribution in [0.25, 0.3) is 17.1 Å². The molecule has 0 aliphatic rings. The Labute approximate surface area is 127 Å². The first kappa shape index (κ1) is 13.9. The fourth-order valence-electron chi connectivity index (χ4n) is 2.32. The van der Waals surface area contributed by atoms with Gasteiger partial charge in [-0.3, -0.25) is 4.79 Å². The zero-order valence-corrected chi connectivity index (χ0v) is 12.1. The van der Waals surface area contributed by atoms with Crippen LogP contribution in [0.2, 0.25) is 0 Å². The third-order valence-electron chi connectivity index (χ3n) is 3.35. The summed E-state index contributed by atoms with van der Waals surface area (Å²) in [5.74, 6) is 0.628. The average Bonchev–Trinajstić information content (AvgIpc) is 2.88. The molecule has 0 aliphatic heterocycles. The lowest BCUT2D eigenvalue weighted by Crippen LogP contribution is -2.10. The largest absolute Gasteiger partial charge is 0.496 e. The molecule has 0 amide bonds. The van der Waals surface area contributed by atoms with Gasteiger partial charge in [-0.2, -0.15) is 0 Å². The quantitative estimate of drug-likeness (QED) is 0.754. The van der Waals surface area contributed by atoms with Crippen LogP contribution in [0.1, 0.15) is 10.4 Å². The topological polar surface area (TPSA) is 70.1 Å². The Balaban J connectivity index is 1.97. The minimum absolute atomic E-state index is 0.177. The van der Waals surface area contributed by atoms with E-state index in [4.69, 9.17) is 10.5 Å². The first-order valence-electron chi connectivity index (χ1n) is 6.79. The number of anilines is 1. The van der Waals surface area contributed by atoms with Crippen molar-refractivity contribution in [1.29, 1.82) is 0 Å². The summed E-state index contributed by atoms with van der Waals surface area (Å²) in [5, 5.41) is 0. The van der Waals surface area contributed by atoms with E-state index in [1.807, 2.05) is 48.5 Å². The molecule has 0 saturated heterocycles. The van der Waals surface area contributed by atoms with Crippen molar-refractivity contribution >= 4 is 29.0 Å². The highest BCUT2D eigenvalue weighted by atomic mass is 16.5. The van der Waals surface area contributed by atoms with Gasteiger partial charge in [-0.1, -0.05) is 30.3 Å². The number of methoxy groups -OCH3 is 1. The molecule has 1 aromatic heterocycles. The van der Waals surface area contributed by atoms with Crippen molar-refractivity contribution in [3.8, 4) is 5.75 Å². The Bertz CT molecular complexity index is 865. The molecule has 0 spiro atoms. The monoisotopic (exact) mass is 293 g/mol. The van der Waals surface area contributed by atoms with E-state index in [0.717, 1.165) is 5.56 Å². The lowest BCUT2D eigenvalue weighted by atomic mass is 10.2. The van der Waals surface area contributed by atoms with Crippen molar-refractivity contribution in [2.45, 2.75) is 0 Å². The first-order valence-corrected chi connectivity index (χ1v) is 6.79. The predicted octanol–water partition coefficient (Wildman–Crippen LogP) is 2.98. The lowest BCUT2D eigenvalue weighted by molar-refractivity contribution is 0.0976. The van der Waals surface area contributed by atoms with E-state index in [0.29, 0.717) is 16.8 Å². The normalized spacial score (nSPS) is 11.1. The second kappa shape index (κ2) is 5.73. The highest BCUT2D eigenvalue weighted by Crippen LogP contribution is 2.20. The number of ether oxygens (including phenoxy) is 1. The molecule has 0 bridgehead atoms. The van der Waals surface area contributed by atoms with Gasteiger partial charge in [-0.05, 0) is 24.3 Å². The molecule has 0 saturated carbocycles. The summed E-state index contributed by atoms with van der Waals surface area (Å²) in [6.07, 6.45) is 3.16. The molecule has 5 heteroatoms. The van der Waals surface area contributed by atoms with Crippen molar-refractivity contribution in [3.05, 3.63) is 60.2 Å². The van der Waals surface area contributed by atoms with Gasteiger partial charge in [0.15, 0.2) is 0 Å². The van der Waals surface area contributed by atoms with Gasteiger partial charge in [-0.15, -0.1) is 0 Å². The number of aromatic nitrogens is 2. The molecule has 0 aliphatic carbocycles. The number of fused-ring (bicyclic) bond motifs is 1. The Morgan fingerprint density at radius 3 is 2.73 bits per heavy atom. The number of carbonyl (C=O) groups excluding carboxylic acids is 1. The predicted molar refractivity (Wildman–Crippen MR) is 86.8 cm³/mol. The van der Waals surface area contributed by atoms with Crippen molar-refractivity contribution in [2.75, 3.05) is 12.8 Å². The molecule has 0 unspecified atom stereocenters. The number of hydrogen-bond acceptors (Lipinski definition) is 4. The number of nitrogens with two attached hydrogens (primary N) is 1. The third kappa shape index (κ3) is 2.44. The fraction of sp³-hybridized carbons (Fsp3) is 0.0588. The molecule has 5 nitrogen and oxygen atoms in total. The highest BCUT2D eigenvalue weighted by molar-refractivity contribution is 6.01. The summed E-state index contributed by atoms with van der Waals surface area (Å²) in [5.41, 5.74) is 8.06.